The van der Waals surface area contributed by atoms with Gasteiger partial charge in [0, 0.05) is 19.0 Å². The molecule has 0 spiro atoms. The largest absolute Gasteiger partial charge is 0.473 e. The van der Waals surface area contributed by atoms with Crippen LogP contribution in [0.3, 0.4) is 0 Å². The first-order valence-electron chi connectivity index (χ1n) is 7.95. The average molecular weight is 330 g/mol. The van der Waals surface area contributed by atoms with Crippen molar-refractivity contribution in [2.45, 2.75) is 32.6 Å². The summed E-state index contributed by atoms with van der Waals surface area (Å²) in [7, 11) is 1.58. The van der Waals surface area contributed by atoms with Crippen LogP contribution in [0, 0.1) is 13.8 Å². The first-order chi connectivity index (χ1) is 11.1. The number of methoxy groups -OCH3 is 1. The number of aromatic nitrogens is 1. The average Bonchev–Trinajstić information content (AvgIpc) is 2.95. The molecule has 1 aromatic heterocycles. The van der Waals surface area contributed by atoms with Crippen LogP contribution < -0.4 is 4.74 Å². The zero-order chi connectivity index (χ0) is 16.4. The van der Waals surface area contributed by atoms with Gasteiger partial charge in [0.2, 0.25) is 0 Å². The second-order valence-corrected chi connectivity index (χ2v) is 7.06. The Bertz CT molecular complexity index is 711. The van der Waals surface area contributed by atoms with E-state index in [1.807, 2.05) is 11.8 Å². The lowest BCUT2D eigenvalue weighted by Gasteiger charge is -2.33. The summed E-state index contributed by atoms with van der Waals surface area (Å²) in [6.07, 6.45) is 2.18. The van der Waals surface area contributed by atoms with E-state index in [0.717, 1.165) is 31.6 Å². The Kier molecular flexibility index (Phi) is 4.66. The lowest BCUT2D eigenvalue weighted by molar-refractivity contribution is 0.0711. The number of benzene rings is 1. The number of hydrogen-bond donors (Lipinski definition) is 0. The summed E-state index contributed by atoms with van der Waals surface area (Å²) in [6, 6.07) is 8.62. The Morgan fingerprint density at radius 1 is 1.39 bits per heavy atom. The minimum absolute atomic E-state index is 0.0839. The SMILES string of the molecule is COc1nc(C)c(C(=O)N2CCC[C@@H](c3cccc(C)c3)C2)s1. The summed E-state index contributed by atoms with van der Waals surface area (Å²) in [6.45, 7) is 5.58. The van der Waals surface area contributed by atoms with E-state index >= 15 is 0 Å². The number of rotatable bonds is 3. The van der Waals surface area contributed by atoms with E-state index < -0.39 is 0 Å². The summed E-state index contributed by atoms with van der Waals surface area (Å²) in [5.74, 6) is 0.503. The molecule has 4 nitrogen and oxygen atoms in total. The molecule has 122 valence electrons. The summed E-state index contributed by atoms with van der Waals surface area (Å²) in [5, 5.41) is 0.554. The first-order valence-corrected chi connectivity index (χ1v) is 8.77. The molecule has 2 aromatic rings. The Morgan fingerprint density at radius 3 is 2.91 bits per heavy atom. The van der Waals surface area contributed by atoms with E-state index in [4.69, 9.17) is 4.74 Å². The zero-order valence-electron chi connectivity index (χ0n) is 13.8. The first kappa shape index (κ1) is 16.0. The molecule has 2 heterocycles. The maximum Gasteiger partial charge on any atom is 0.273 e. The Balaban J connectivity index is 1.77. The molecule has 0 saturated carbocycles. The Labute approximate surface area is 141 Å². The normalized spacial score (nSPS) is 18.0. The molecule has 1 aromatic carbocycles. The number of ether oxygens (including phenoxy) is 1. The van der Waals surface area contributed by atoms with Crippen LogP contribution in [0.1, 0.15) is 45.3 Å². The number of likely N-dealkylation sites (tertiary alicyclic amines) is 1. The molecule has 0 bridgehead atoms. The molecule has 0 radical (unpaired) electrons. The highest BCUT2D eigenvalue weighted by Gasteiger charge is 2.28. The minimum Gasteiger partial charge on any atom is -0.473 e. The fraction of sp³-hybridized carbons (Fsp3) is 0.444. The van der Waals surface area contributed by atoms with Gasteiger partial charge in [0.05, 0.1) is 12.8 Å². The highest BCUT2D eigenvalue weighted by Crippen LogP contribution is 2.31. The van der Waals surface area contributed by atoms with Crippen molar-refractivity contribution in [2.75, 3.05) is 20.2 Å². The molecule has 23 heavy (non-hydrogen) atoms. The smallest absolute Gasteiger partial charge is 0.273 e. The van der Waals surface area contributed by atoms with Crippen molar-refractivity contribution in [3.63, 3.8) is 0 Å². The van der Waals surface area contributed by atoms with Crippen LogP contribution in [-0.2, 0) is 0 Å². The number of carbonyl (C=O) groups is 1. The number of nitrogens with zero attached hydrogens (tertiary/aromatic N) is 2. The number of aryl methyl sites for hydroxylation is 2. The van der Waals surface area contributed by atoms with E-state index in [1.54, 1.807) is 7.11 Å². The molecule has 5 heteroatoms. The Morgan fingerprint density at radius 2 is 2.22 bits per heavy atom. The molecule has 1 fully saturated rings. The minimum atomic E-state index is 0.0839. The van der Waals surface area contributed by atoms with E-state index in [9.17, 15) is 4.79 Å². The predicted molar refractivity (Wildman–Crippen MR) is 92.5 cm³/mol. The second kappa shape index (κ2) is 6.71. The van der Waals surface area contributed by atoms with Gasteiger partial charge in [-0.25, -0.2) is 4.98 Å². The van der Waals surface area contributed by atoms with E-state index in [1.165, 1.54) is 22.5 Å². The van der Waals surface area contributed by atoms with Gasteiger partial charge in [-0.2, -0.15) is 0 Å². The second-order valence-electron chi connectivity index (χ2n) is 6.10. The summed E-state index contributed by atoms with van der Waals surface area (Å²) in [5.41, 5.74) is 3.37. The lowest BCUT2D eigenvalue weighted by atomic mass is 9.90. The van der Waals surface area contributed by atoms with Gasteiger partial charge in [0.15, 0.2) is 0 Å². The molecule has 1 aliphatic heterocycles. The van der Waals surface area contributed by atoms with Crippen LogP contribution in [0.5, 0.6) is 5.19 Å². The number of piperidine rings is 1. The van der Waals surface area contributed by atoms with Gasteiger partial charge in [-0.05, 0) is 32.3 Å². The van der Waals surface area contributed by atoms with Gasteiger partial charge in [-0.15, -0.1) is 0 Å². The molecular weight excluding hydrogens is 308 g/mol. The van der Waals surface area contributed by atoms with Gasteiger partial charge in [-0.3, -0.25) is 4.79 Å². The number of thiazole rings is 1. The summed E-state index contributed by atoms with van der Waals surface area (Å²) in [4.78, 5) is 19.8. The monoisotopic (exact) mass is 330 g/mol. The van der Waals surface area contributed by atoms with Crippen molar-refractivity contribution < 1.29 is 9.53 Å². The van der Waals surface area contributed by atoms with Gasteiger partial charge in [-0.1, -0.05) is 41.2 Å². The molecule has 1 amide bonds. The van der Waals surface area contributed by atoms with Crippen molar-refractivity contribution in [1.82, 2.24) is 9.88 Å². The number of carbonyl (C=O) groups excluding carboxylic acids is 1. The van der Waals surface area contributed by atoms with E-state index in [-0.39, 0.29) is 5.91 Å². The van der Waals surface area contributed by atoms with Crippen molar-refractivity contribution in [1.29, 1.82) is 0 Å². The lowest BCUT2D eigenvalue weighted by Crippen LogP contribution is -2.39. The molecule has 1 atom stereocenters. The van der Waals surface area contributed by atoms with Crippen LogP contribution >= 0.6 is 11.3 Å². The van der Waals surface area contributed by atoms with Crippen LogP contribution in [0.4, 0.5) is 0 Å². The summed E-state index contributed by atoms with van der Waals surface area (Å²) < 4.78 is 5.15. The van der Waals surface area contributed by atoms with Crippen molar-refractivity contribution in [3.8, 4) is 5.19 Å². The maximum atomic E-state index is 12.8. The number of amides is 1. The molecule has 0 aliphatic carbocycles. The summed E-state index contributed by atoms with van der Waals surface area (Å²) >= 11 is 1.34. The van der Waals surface area contributed by atoms with Gasteiger partial charge < -0.3 is 9.64 Å². The van der Waals surface area contributed by atoms with Crippen molar-refractivity contribution in [3.05, 3.63) is 46.0 Å². The molecule has 0 unspecified atom stereocenters. The molecule has 0 N–H and O–H groups in total. The fourth-order valence-corrected chi connectivity index (χ4v) is 4.01. The van der Waals surface area contributed by atoms with Crippen molar-refractivity contribution >= 4 is 17.2 Å². The molecule has 1 aliphatic rings. The highest BCUT2D eigenvalue weighted by atomic mass is 32.1. The Hall–Kier alpha value is -1.88. The van der Waals surface area contributed by atoms with Crippen LogP contribution in [0.15, 0.2) is 24.3 Å². The predicted octanol–water partition coefficient (Wildman–Crippen LogP) is 3.79. The highest BCUT2D eigenvalue weighted by molar-refractivity contribution is 7.15. The van der Waals surface area contributed by atoms with Gasteiger partial charge in [0.25, 0.3) is 11.1 Å². The van der Waals surface area contributed by atoms with Crippen LogP contribution in [-0.4, -0.2) is 36.0 Å². The third-order valence-corrected chi connectivity index (χ3v) is 5.47. The molecule has 3 rings (SSSR count). The van der Waals surface area contributed by atoms with Crippen molar-refractivity contribution in [2.24, 2.45) is 0 Å². The van der Waals surface area contributed by atoms with Crippen LogP contribution in [0.25, 0.3) is 0 Å². The third-order valence-electron chi connectivity index (χ3n) is 4.37. The molecule has 1 saturated heterocycles. The van der Waals surface area contributed by atoms with Crippen LogP contribution in [0.2, 0.25) is 0 Å². The van der Waals surface area contributed by atoms with Gasteiger partial charge >= 0.3 is 0 Å². The van der Waals surface area contributed by atoms with Gasteiger partial charge in [0.1, 0.15) is 4.88 Å². The van der Waals surface area contributed by atoms with E-state index in [2.05, 4.69) is 36.2 Å². The maximum absolute atomic E-state index is 12.8. The standard InChI is InChI=1S/C18H22N2O2S/c1-12-6-4-7-14(10-12)15-8-5-9-20(11-15)17(21)16-13(2)19-18(22-3)23-16/h4,6-7,10,15H,5,8-9,11H2,1-3H3/t15-/m1/s1. The zero-order valence-corrected chi connectivity index (χ0v) is 14.7. The van der Waals surface area contributed by atoms with E-state index in [0.29, 0.717) is 16.0 Å². The number of hydrogen-bond acceptors (Lipinski definition) is 4. The topological polar surface area (TPSA) is 42.4 Å². The quantitative estimate of drug-likeness (QED) is 0.860. The fourth-order valence-electron chi connectivity index (χ4n) is 3.16. The third kappa shape index (κ3) is 3.39. The molecular formula is C18H22N2O2S.